The first-order valence-corrected chi connectivity index (χ1v) is 17.3. The van der Waals surface area contributed by atoms with Crippen molar-refractivity contribution in [3.63, 3.8) is 0 Å². The molecule has 2 aromatic rings. The van der Waals surface area contributed by atoms with Crippen molar-refractivity contribution < 1.29 is 14.4 Å². The number of para-hydroxylation sites is 1. The quantitative estimate of drug-likeness (QED) is 0.362. The number of likely N-dealkylation sites (tertiary alicyclic amines) is 3. The van der Waals surface area contributed by atoms with Crippen LogP contribution in [0.5, 0.6) is 0 Å². The molecular weight excluding hydrogens is 690 g/mol. The highest BCUT2D eigenvalue weighted by Gasteiger charge is 2.36. The van der Waals surface area contributed by atoms with Crippen molar-refractivity contribution in [3.8, 4) is 0 Å². The van der Waals surface area contributed by atoms with E-state index < -0.39 is 6.04 Å². The number of fused-ring (bicyclic) bond motifs is 1. The van der Waals surface area contributed by atoms with Crippen molar-refractivity contribution in [1.82, 2.24) is 24.9 Å². The van der Waals surface area contributed by atoms with Gasteiger partial charge in [0.1, 0.15) is 6.04 Å². The van der Waals surface area contributed by atoms with Crippen LogP contribution in [0.2, 0.25) is 0 Å². The lowest BCUT2D eigenvalue weighted by atomic mass is 10.00. The van der Waals surface area contributed by atoms with E-state index in [1.54, 1.807) is 4.90 Å². The third-order valence-electron chi connectivity index (χ3n) is 9.66. The van der Waals surface area contributed by atoms with Crippen LogP contribution in [0.25, 0.3) is 0 Å². The molecule has 10 nitrogen and oxygen atoms in total. The molecule has 0 bridgehead atoms. The Bertz CT molecular complexity index is 1360. The van der Waals surface area contributed by atoms with Gasteiger partial charge in [-0.3, -0.25) is 4.79 Å². The van der Waals surface area contributed by atoms with Crippen LogP contribution >= 0.6 is 31.9 Å². The summed E-state index contributed by atoms with van der Waals surface area (Å²) < 4.78 is 1.49. The first kappa shape index (κ1) is 31.2. The van der Waals surface area contributed by atoms with E-state index >= 15 is 0 Å². The number of amides is 5. The first-order chi connectivity index (χ1) is 21.3. The minimum absolute atomic E-state index is 0.0409. The van der Waals surface area contributed by atoms with Gasteiger partial charge in [-0.25, -0.2) is 9.59 Å². The second-order valence-electron chi connectivity index (χ2n) is 12.4. The number of urea groups is 2. The van der Waals surface area contributed by atoms with Gasteiger partial charge >= 0.3 is 12.1 Å². The Morgan fingerprint density at radius 1 is 0.909 bits per heavy atom. The van der Waals surface area contributed by atoms with Gasteiger partial charge in [0.25, 0.3) is 0 Å². The van der Waals surface area contributed by atoms with Crippen LogP contribution in [0.15, 0.2) is 45.3 Å². The Morgan fingerprint density at radius 2 is 1.52 bits per heavy atom. The van der Waals surface area contributed by atoms with E-state index in [9.17, 15) is 14.4 Å². The predicted molar refractivity (Wildman–Crippen MR) is 178 cm³/mol. The third-order valence-corrected chi connectivity index (χ3v) is 11.0. The van der Waals surface area contributed by atoms with Gasteiger partial charge in [0.05, 0.1) is 5.69 Å². The van der Waals surface area contributed by atoms with Crippen LogP contribution in [0.3, 0.4) is 0 Å². The zero-order valence-corrected chi connectivity index (χ0v) is 28.1. The molecule has 4 heterocycles. The Labute approximate surface area is 275 Å². The fourth-order valence-corrected chi connectivity index (χ4v) is 8.39. The highest BCUT2D eigenvalue weighted by Crippen LogP contribution is 2.31. The molecule has 44 heavy (non-hydrogen) atoms. The van der Waals surface area contributed by atoms with E-state index in [1.165, 1.54) is 12.8 Å². The summed E-state index contributed by atoms with van der Waals surface area (Å²) in [5, 5.41) is 6.10. The van der Waals surface area contributed by atoms with Crippen molar-refractivity contribution >= 4 is 61.2 Å². The van der Waals surface area contributed by atoms with Crippen LogP contribution in [-0.4, -0.2) is 95.0 Å². The lowest BCUT2D eigenvalue weighted by Gasteiger charge is -2.41. The van der Waals surface area contributed by atoms with Crippen molar-refractivity contribution in [2.75, 3.05) is 50.3 Å². The number of benzene rings is 2. The van der Waals surface area contributed by atoms with Gasteiger partial charge in [-0.2, -0.15) is 0 Å². The standard InChI is InChI=1S/C32H41Br2N7O3/c33-25-17-21(18-26(34)29(25)35)19-28(30(42)39-13-7-23(8-14-39)38-11-3-4-12-38)37-31(43)40-15-9-24(10-16-40)41-20-22-5-1-2-6-27(22)36-32(41)44/h1-2,5-6,17-18,23-24,28H,3-4,7-16,19-20,35H2,(H,36,44)(H,37,43)/t28-/m0/s1. The molecular formula is C32H41Br2N7O3. The summed E-state index contributed by atoms with van der Waals surface area (Å²) in [5.41, 5.74) is 9.58. The van der Waals surface area contributed by atoms with Crippen molar-refractivity contribution in [2.45, 2.75) is 69.6 Å². The zero-order valence-electron chi connectivity index (χ0n) is 24.9. The number of piperidine rings is 2. The molecule has 0 aliphatic carbocycles. The van der Waals surface area contributed by atoms with Crippen LogP contribution in [0.4, 0.5) is 21.0 Å². The molecule has 0 saturated carbocycles. The van der Waals surface area contributed by atoms with Crippen LogP contribution in [-0.2, 0) is 17.8 Å². The van der Waals surface area contributed by atoms with Gasteiger partial charge in [-0.1, -0.05) is 18.2 Å². The van der Waals surface area contributed by atoms with Gasteiger partial charge in [0.2, 0.25) is 5.91 Å². The molecule has 12 heteroatoms. The number of nitrogens with one attached hydrogen (secondary N) is 2. The normalized spacial score (nSPS) is 20.8. The van der Waals surface area contributed by atoms with Gasteiger partial charge in [0.15, 0.2) is 0 Å². The third kappa shape index (κ3) is 6.87. The van der Waals surface area contributed by atoms with Crippen molar-refractivity contribution in [1.29, 1.82) is 0 Å². The monoisotopic (exact) mass is 729 g/mol. The van der Waals surface area contributed by atoms with Crippen molar-refractivity contribution in [2.24, 2.45) is 0 Å². The molecule has 1 atom stereocenters. The maximum atomic E-state index is 14.0. The number of rotatable bonds is 6. The largest absolute Gasteiger partial charge is 0.397 e. The molecule has 6 rings (SSSR count). The second-order valence-corrected chi connectivity index (χ2v) is 14.1. The number of carbonyl (C=O) groups excluding carboxylic acids is 3. The minimum atomic E-state index is -0.699. The molecule has 4 N–H and O–H groups in total. The van der Waals surface area contributed by atoms with E-state index in [-0.39, 0.29) is 24.0 Å². The summed E-state index contributed by atoms with van der Waals surface area (Å²) in [4.78, 5) is 48.6. The summed E-state index contributed by atoms with van der Waals surface area (Å²) >= 11 is 7.04. The average Bonchev–Trinajstić information content (AvgIpc) is 3.58. The Balaban J connectivity index is 1.10. The molecule has 4 aliphatic heterocycles. The number of nitrogens with two attached hydrogens (primary N) is 1. The highest BCUT2D eigenvalue weighted by molar-refractivity contribution is 9.11. The van der Waals surface area contributed by atoms with Crippen LogP contribution in [0.1, 0.15) is 49.7 Å². The summed E-state index contributed by atoms with van der Waals surface area (Å²) in [6.07, 6.45) is 6.18. The van der Waals surface area contributed by atoms with Gasteiger partial charge < -0.3 is 36.0 Å². The van der Waals surface area contributed by atoms with Gasteiger partial charge in [-0.05, 0) is 113 Å². The van der Waals surface area contributed by atoms with E-state index in [2.05, 4.69) is 47.4 Å². The Kier molecular flexibility index (Phi) is 9.68. The van der Waals surface area contributed by atoms with Crippen LogP contribution < -0.4 is 16.4 Å². The SMILES string of the molecule is Nc1c(Br)cc(C[C@H](NC(=O)N2CCC(N3Cc4ccccc4NC3=O)CC2)C(=O)N2CCC(N3CCCC3)CC2)cc1Br. The van der Waals surface area contributed by atoms with E-state index in [0.717, 1.165) is 51.7 Å². The molecule has 2 aromatic carbocycles. The summed E-state index contributed by atoms with van der Waals surface area (Å²) in [6, 6.07) is 11.3. The molecule has 0 unspecified atom stereocenters. The Hall–Kier alpha value is -2.83. The van der Waals surface area contributed by atoms with Gasteiger partial charge in [0, 0.05) is 65.9 Å². The number of nitrogen functional groups attached to an aromatic ring is 1. The fraction of sp³-hybridized carbons (Fsp3) is 0.531. The topological polar surface area (TPSA) is 114 Å². The van der Waals surface area contributed by atoms with Crippen LogP contribution in [0, 0.1) is 0 Å². The fourth-order valence-electron chi connectivity index (χ4n) is 7.11. The van der Waals surface area contributed by atoms with E-state index in [4.69, 9.17) is 5.73 Å². The molecule has 4 aliphatic rings. The maximum Gasteiger partial charge on any atom is 0.322 e. The lowest BCUT2D eigenvalue weighted by Crippen LogP contribution is -2.57. The molecule has 5 amide bonds. The smallest absolute Gasteiger partial charge is 0.322 e. The van der Waals surface area contributed by atoms with E-state index in [1.807, 2.05) is 46.2 Å². The molecule has 0 radical (unpaired) electrons. The molecule has 3 saturated heterocycles. The average molecular weight is 732 g/mol. The molecule has 236 valence electrons. The number of carbonyl (C=O) groups is 3. The Morgan fingerprint density at radius 3 is 2.20 bits per heavy atom. The van der Waals surface area contributed by atoms with Crippen molar-refractivity contribution in [3.05, 3.63) is 56.5 Å². The lowest BCUT2D eigenvalue weighted by molar-refractivity contribution is -0.134. The first-order valence-electron chi connectivity index (χ1n) is 15.7. The summed E-state index contributed by atoms with van der Waals surface area (Å²) in [5.74, 6) is -0.0409. The number of nitrogens with zero attached hydrogens (tertiary/aromatic N) is 4. The van der Waals surface area contributed by atoms with E-state index in [0.29, 0.717) is 63.7 Å². The summed E-state index contributed by atoms with van der Waals surface area (Å²) in [6.45, 7) is 5.32. The molecule has 0 aromatic heterocycles. The number of anilines is 2. The van der Waals surface area contributed by atoms with Gasteiger partial charge in [-0.15, -0.1) is 0 Å². The summed E-state index contributed by atoms with van der Waals surface area (Å²) in [7, 11) is 0. The predicted octanol–water partition coefficient (Wildman–Crippen LogP) is 5.01. The molecule has 0 spiro atoms. The highest BCUT2D eigenvalue weighted by atomic mass is 79.9. The maximum absolute atomic E-state index is 14.0. The number of hydrogen-bond acceptors (Lipinski definition) is 5. The zero-order chi connectivity index (χ0) is 30.8. The number of halogens is 2. The minimum Gasteiger partial charge on any atom is -0.397 e. The molecule has 3 fully saturated rings. The second kappa shape index (κ2) is 13.7. The number of hydrogen-bond donors (Lipinski definition) is 3.